The van der Waals surface area contributed by atoms with E-state index in [1.54, 1.807) is 10.9 Å². The summed E-state index contributed by atoms with van der Waals surface area (Å²) in [5.74, 6) is 0.164. The molecule has 2 fully saturated rings. The van der Waals surface area contributed by atoms with E-state index in [1.165, 1.54) is 0 Å². The predicted octanol–water partition coefficient (Wildman–Crippen LogP) is 0.824. The van der Waals surface area contributed by atoms with Crippen molar-refractivity contribution in [2.45, 2.75) is 38.3 Å². The Balaban J connectivity index is 1.61. The number of carbonyl (C=O) groups is 1. The van der Waals surface area contributed by atoms with Crippen LogP contribution in [-0.2, 0) is 16.6 Å². The summed E-state index contributed by atoms with van der Waals surface area (Å²) in [5.41, 5.74) is 1.79. The monoisotopic (exact) mass is 278 g/mol. The van der Waals surface area contributed by atoms with Crippen molar-refractivity contribution in [2.24, 2.45) is 13.0 Å². The molecule has 2 aliphatic rings. The van der Waals surface area contributed by atoms with E-state index < -0.39 is 0 Å². The van der Waals surface area contributed by atoms with Crippen molar-refractivity contribution in [3.63, 3.8) is 0 Å². The molecule has 2 heterocycles. The Morgan fingerprint density at radius 3 is 3.15 bits per heavy atom. The number of nitrogens with zero attached hydrogens (tertiary/aromatic N) is 2. The summed E-state index contributed by atoms with van der Waals surface area (Å²) in [6.07, 6.45) is 4.71. The molecule has 3 atom stereocenters. The summed E-state index contributed by atoms with van der Waals surface area (Å²) in [5, 5.41) is 10.6. The molecule has 0 spiro atoms. The maximum Gasteiger partial charge on any atom is 0.227 e. The lowest BCUT2D eigenvalue weighted by Crippen LogP contribution is -2.52. The SMILES string of the molecule is Cc1c(NC(=O)[C@H]2CC[C@H]3OCCN[C@@H]3C2)cnn1C. The minimum absolute atomic E-state index is 0.0602. The first kappa shape index (κ1) is 13.6. The van der Waals surface area contributed by atoms with Crippen LogP contribution >= 0.6 is 0 Å². The van der Waals surface area contributed by atoms with E-state index in [2.05, 4.69) is 15.7 Å². The Bertz CT molecular complexity index is 499. The van der Waals surface area contributed by atoms with E-state index in [9.17, 15) is 4.79 Å². The second-order valence-corrected chi connectivity index (χ2v) is 5.74. The van der Waals surface area contributed by atoms with Gasteiger partial charge in [0.25, 0.3) is 0 Å². The molecule has 6 nitrogen and oxygen atoms in total. The van der Waals surface area contributed by atoms with Gasteiger partial charge in [0.1, 0.15) is 0 Å². The third-order valence-electron chi connectivity index (χ3n) is 4.49. The quantitative estimate of drug-likeness (QED) is 0.840. The molecule has 1 aromatic heterocycles. The van der Waals surface area contributed by atoms with Gasteiger partial charge >= 0.3 is 0 Å². The molecule has 1 aliphatic heterocycles. The topological polar surface area (TPSA) is 68.2 Å². The molecule has 6 heteroatoms. The van der Waals surface area contributed by atoms with Crippen molar-refractivity contribution in [3.8, 4) is 0 Å². The fourth-order valence-corrected chi connectivity index (χ4v) is 3.11. The van der Waals surface area contributed by atoms with E-state index in [0.29, 0.717) is 6.04 Å². The number of fused-ring (bicyclic) bond motifs is 1. The summed E-state index contributed by atoms with van der Waals surface area (Å²) < 4.78 is 7.51. The normalized spacial score (nSPS) is 29.8. The van der Waals surface area contributed by atoms with Crippen molar-refractivity contribution < 1.29 is 9.53 Å². The first-order valence-corrected chi connectivity index (χ1v) is 7.29. The molecular formula is C14H22N4O2. The number of amides is 1. The molecular weight excluding hydrogens is 256 g/mol. The summed E-state index contributed by atoms with van der Waals surface area (Å²) in [6.45, 7) is 3.63. The average molecular weight is 278 g/mol. The van der Waals surface area contributed by atoms with Crippen LogP contribution < -0.4 is 10.6 Å². The van der Waals surface area contributed by atoms with Gasteiger partial charge in [0.05, 0.1) is 30.3 Å². The third-order valence-corrected chi connectivity index (χ3v) is 4.49. The minimum Gasteiger partial charge on any atom is -0.375 e. The Morgan fingerprint density at radius 1 is 1.55 bits per heavy atom. The van der Waals surface area contributed by atoms with Crippen molar-refractivity contribution in [3.05, 3.63) is 11.9 Å². The van der Waals surface area contributed by atoms with Gasteiger partial charge in [-0.25, -0.2) is 0 Å². The van der Waals surface area contributed by atoms with Gasteiger partial charge in [-0.2, -0.15) is 5.10 Å². The number of morpholine rings is 1. The molecule has 1 aromatic rings. The molecule has 3 rings (SSSR count). The lowest BCUT2D eigenvalue weighted by Gasteiger charge is -2.39. The fourth-order valence-electron chi connectivity index (χ4n) is 3.11. The molecule has 1 saturated heterocycles. The third kappa shape index (κ3) is 2.58. The molecule has 2 N–H and O–H groups in total. The van der Waals surface area contributed by atoms with Crippen molar-refractivity contribution in [1.82, 2.24) is 15.1 Å². The molecule has 0 unspecified atom stereocenters. The van der Waals surface area contributed by atoms with Crippen LogP contribution in [0.1, 0.15) is 25.0 Å². The number of aromatic nitrogens is 2. The lowest BCUT2D eigenvalue weighted by atomic mass is 9.82. The largest absolute Gasteiger partial charge is 0.375 e. The van der Waals surface area contributed by atoms with E-state index in [1.807, 2.05) is 14.0 Å². The second-order valence-electron chi connectivity index (χ2n) is 5.74. The van der Waals surface area contributed by atoms with Crippen molar-refractivity contribution >= 4 is 11.6 Å². The highest BCUT2D eigenvalue weighted by Gasteiger charge is 2.36. The van der Waals surface area contributed by atoms with Crippen LogP contribution in [0, 0.1) is 12.8 Å². The average Bonchev–Trinajstić information content (AvgIpc) is 2.78. The molecule has 110 valence electrons. The maximum atomic E-state index is 12.4. The standard InChI is InChI=1S/C14H22N4O2/c1-9-12(8-16-18(9)2)17-14(19)10-3-4-13-11(7-10)15-5-6-20-13/h8,10-11,13,15H,3-7H2,1-2H3,(H,17,19)/t10-,11+,13+/m0/s1. The van der Waals surface area contributed by atoms with Crippen LogP contribution in [0.4, 0.5) is 5.69 Å². The number of aryl methyl sites for hydroxylation is 1. The van der Waals surface area contributed by atoms with Crippen LogP contribution in [0.15, 0.2) is 6.20 Å². The Kier molecular flexibility index (Phi) is 3.76. The summed E-state index contributed by atoms with van der Waals surface area (Å²) >= 11 is 0. The van der Waals surface area contributed by atoms with E-state index in [-0.39, 0.29) is 17.9 Å². The number of anilines is 1. The van der Waals surface area contributed by atoms with Crippen LogP contribution in [0.25, 0.3) is 0 Å². The summed E-state index contributed by atoms with van der Waals surface area (Å²) in [4.78, 5) is 12.4. The Hall–Kier alpha value is -1.40. The molecule has 0 radical (unpaired) electrons. The van der Waals surface area contributed by atoms with E-state index >= 15 is 0 Å². The van der Waals surface area contributed by atoms with Crippen molar-refractivity contribution in [2.75, 3.05) is 18.5 Å². The van der Waals surface area contributed by atoms with Gasteiger partial charge in [-0.05, 0) is 26.2 Å². The number of carbonyl (C=O) groups excluding carboxylic acids is 1. The number of hydrogen-bond donors (Lipinski definition) is 2. The first-order chi connectivity index (χ1) is 9.65. The molecule has 0 aromatic carbocycles. The van der Waals surface area contributed by atoms with Crippen LogP contribution in [0.3, 0.4) is 0 Å². The van der Waals surface area contributed by atoms with Crippen LogP contribution in [-0.4, -0.2) is 41.0 Å². The maximum absolute atomic E-state index is 12.4. The van der Waals surface area contributed by atoms with Gasteiger partial charge in [-0.3, -0.25) is 9.48 Å². The zero-order chi connectivity index (χ0) is 14.1. The summed E-state index contributed by atoms with van der Waals surface area (Å²) in [6, 6.07) is 0.322. The Labute approximate surface area is 118 Å². The van der Waals surface area contributed by atoms with Gasteiger partial charge in [0.15, 0.2) is 0 Å². The van der Waals surface area contributed by atoms with E-state index in [0.717, 1.165) is 43.8 Å². The van der Waals surface area contributed by atoms with Gasteiger partial charge in [0.2, 0.25) is 5.91 Å². The first-order valence-electron chi connectivity index (χ1n) is 7.29. The number of nitrogens with one attached hydrogen (secondary N) is 2. The number of rotatable bonds is 2. The number of ether oxygens (including phenoxy) is 1. The highest BCUT2D eigenvalue weighted by molar-refractivity contribution is 5.93. The van der Waals surface area contributed by atoms with Crippen LogP contribution in [0.2, 0.25) is 0 Å². The Morgan fingerprint density at radius 2 is 2.40 bits per heavy atom. The highest BCUT2D eigenvalue weighted by atomic mass is 16.5. The zero-order valence-corrected chi connectivity index (χ0v) is 12.1. The number of hydrogen-bond acceptors (Lipinski definition) is 4. The second kappa shape index (κ2) is 5.54. The van der Waals surface area contributed by atoms with Gasteiger partial charge < -0.3 is 15.4 Å². The lowest BCUT2D eigenvalue weighted by molar-refractivity contribution is -0.123. The summed E-state index contributed by atoms with van der Waals surface area (Å²) in [7, 11) is 1.87. The predicted molar refractivity (Wildman–Crippen MR) is 75.4 cm³/mol. The fraction of sp³-hybridized carbons (Fsp3) is 0.714. The van der Waals surface area contributed by atoms with Crippen LogP contribution in [0.5, 0.6) is 0 Å². The molecule has 20 heavy (non-hydrogen) atoms. The molecule has 1 saturated carbocycles. The minimum atomic E-state index is 0.0602. The molecule has 1 aliphatic carbocycles. The van der Waals surface area contributed by atoms with E-state index in [4.69, 9.17) is 4.74 Å². The smallest absolute Gasteiger partial charge is 0.227 e. The molecule has 1 amide bonds. The zero-order valence-electron chi connectivity index (χ0n) is 12.1. The van der Waals surface area contributed by atoms with Gasteiger partial charge in [-0.15, -0.1) is 0 Å². The molecule has 0 bridgehead atoms. The van der Waals surface area contributed by atoms with Gasteiger partial charge in [-0.1, -0.05) is 0 Å². The van der Waals surface area contributed by atoms with Crippen molar-refractivity contribution in [1.29, 1.82) is 0 Å². The van der Waals surface area contributed by atoms with Gasteiger partial charge in [0, 0.05) is 25.6 Å². The highest BCUT2D eigenvalue weighted by Crippen LogP contribution is 2.29.